The van der Waals surface area contributed by atoms with E-state index in [2.05, 4.69) is 48.5 Å². The third kappa shape index (κ3) is 6.88. The van der Waals surface area contributed by atoms with Gasteiger partial charge in [0.15, 0.2) is 5.82 Å². The van der Waals surface area contributed by atoms with Gasteiger partial charge >= 0.3 is 6.01 Å². The molecule has 1 unspecified atom stereocenters. The van der Waals surface area contributed by atoms with E-state index in [0.29, 0.717) is 61.2 Å². The molecule has 2 bridgehead atoms. The van der Waals surface area contributed by atoms with Crippen LogP contribution < -0.4 is 20.3 Å². The second kappa shape index (κ2) is 14.7. The number of rotatable bonds is 8. The van der Waals surface area contributed by atoms with Crippen LogP contribution in [0.3, 0.4) is 0 Å². The number of carbonyl (C=O) groups excluding carboxylic acids is 2. The molecular formula is C43H41F2N7O4. The van der Waals surface area contributed by atoms with Gasteiger partial charge in [-0.1, -0.05) is 36.3 Å². The van der Waals surface area contributed by atoms with Crippen LogP contribution in [0.15, 0.2) is 54.7 Å². The van der Waals surface area contributed by atoms with E-state index in [1.54, 1.807) is 6.20 Å². The number of phenolic OH excluding ortho intramolecular Hbond substituents is 1. The summed E-state index contributed by atoms with van der Waals surface area (Å²) in [5.74, 6) is 0.928. The van der Waals surface area contributed by atoms with Crippen molar-refractivity contribution in [1.29, 1.82) is 0 Å². The number of likely N-dealkylation sites (tertiary alicyclic amines) is 1. The minimum Gasteiger partial charge on any atom is -0.508 e. The van der Waals surface area contributed by atoms with Crippen molar-refractivity contribution in [2.45, 2.75) is 63.1 Å². The van der Waals surface area contributed by atoms with Crippen molar-refractivity contribution >= 4 is 39.3 Å². The normalized spacial score (nSPS) is 21.7. The number of nitrogens with zero attached hydrogens (tertiary/aromatic N) is 5. The summed E-state index contributed by atoms with van der Waals surface area (Å²) >= 11 is 0. The summed E-state index contributed by atoms with van der Waals surface area (Å²) in [5, 5.41) is 17.8. The van der Waals surface area contributed by atoms with Gasteiger partial charge in [-0.05, 0) is 85.8 Å². The van der Waals surface area contributed by atoms with Gasteiger partial charge in [-0.15, -0.1) is 6.42 Å². The number of ether oxygens (including phenoxy) is 1. The second-order valence-electron chi connectivity index (χ2n) is 15.5. The van der Waals surface area contributed by atoms with Gasteiger partial charge in [-0.2, -0.15) is 9.97 Å². The first-order chi connectivity index (χ1) is 27.2. The molecule has 3 atom stereocenters. The van der Waals surface area contributed by atoms with Crippen molar-refractivity contribution in [1.82, 2.24) is 30.5 Å². The Morgan fingerprint density at radius 3 is 2.46 bits per heavy atom. The summed E-state index contributed by atoms with van der Waals surface area (Å²) in [6.07, 6.45) is 12.0. The highest BCUT2D eigenvalue weighted by molar-refractivity contribution is 6.03. The third-order valence-electron chi connectivity index (χ3n) is 11.8. The number of piperidine rings is 2. The molecule has 2 amide bonds. The van der Waals surface area contributed by atoms with Gasteiger partial charge in [0.1, 0.15) is 28.6 Å². The number of piperazine rings is 1. The number of fused-ring (bicyclic) bond motifs is 4. The second-order valence-corrected chi connectivity index (χ2v) is 15.5. The van der Waals surface area contributed by atoms with Gasteiger partial charge in [0.25, 0.3) is 0 Å². The van der Waals surface area contributed by atoms with E-state index in [9.17, 15) is 19.1 Å². The number of terminal acetylenes is 1. The Kier molecular flexibility index (Phi) is 9.47. The number of aromatic nitrogens is 3. The molecule has 3 aromatic carbocycles. The number of anilines is 1. The number of halogens is 2. The maximum absolute atomic E-state index is 16.9. The van der Waals surface area contributed by atoms with E-state index < -0.39 is 11.6 Å². The molecule has 6 heterocycles. The van der Waals surface area contributed by atoms with E-state index in [4.69, 9.17) is 16.1 Å². The zero-order valence-electron chi connectivity index (χ0n) is 30.7. The van der Waals surface area contributed by atoms with Crippen LogP contribution in [0.4, 0.5) is 14.6 Å². The summed E-state index contributed by atoms with van der Waals surface area (Å²) in [6, 6.07) is 14.3. The van der Waals surface area contributed by atoms with E-state index in [-0.39, 0.29) is 63.1 Å². The number of nitrogens with one attached hydrogen (secondary N) is 2. The molecule has 286 valence electrons. The number of aromatic hydroxyl groups is 1. The van der Waals surface area contributed by atoms with E-state index in [1.165, 1.54) is 24.3 Å². The molecule has 4 aliphatic heterocycles. The number of phenols is 1. The first-order valence-electron chi connectivity index (χ1n) is 19.3. The van der Waals surface area contributed by atoms with Crippen molar-refractivity contribution in [3.8, 4) is 35.4 Å². The Morgan fingerprint density at radius 1 is 0.964 bits per heavy atom. The summed E-state index contributed by atoms with van der Waals surface area (Å²) in [6.45, 7) is 4.30. The predicted molar refractivity (Wildman–Crippen MR) is 207 cm³/mol. The number of hydrogen-bond acceptors (Lipinski definition) is 10. The molecule has 0 radical (unpaired) electrons. The lowest BCUT2D eigenvalue weighted by molar-refractivity contribution is -0.134. The smallest absolute Gasteiger partial charge is 0.319 e. The number of hydrogen-bond donors (Lipinski definition) is 3. The van der Waals surface area contributed by atoms with Crippen LogP contribution in [-0.2, 0) is 16.1 Å². The van der Waals surface area contributed by atoms with Crippen molar-refractivity contribution in [3.63, 3.8) is 0 Å². The van der Waals surface area contributed by atoms with Crippen LogP contribution >= 0.6 is 0 Å². The number of benzene rings is 3. The molecule has 4 fully saturated rings. The van der Waals surface area contributed by atoms with Crippen LogP contribution in [0, 0.1) is 29.9 Å². The Hall–Kier alpha value is -5.71. The largest absolute Gasteiger partial charge is 0.508 e. The average molecular weight is 758 g/mol. The molecular weight excluding hydrogens is 717 g/mol. The molecule has 11 nitrogen and oxygen atoms in total. The van der Waals surface area contributed by atoms with Crippen LogP contribution in [0.5, 0.6) is 11.8 Å². The fraction of sp³-hybridized carbons (Fsp3) is 0.372. The van der Waals surface area contributed by atoms with Gasteiger partial charge in [0.05, 0.1) is 23.5 Å². The lowest BCUT2D eigenvalue weighted by atomic mass is 9.90. The van der Waals surface area contributed by atoms with E-state index in [0.717, 1.165) is 56.4 Å². The average Bonchev–Trinajstić information content (AvgIpc) is 3.54. The van der Waals surface area contributed by atoms with Gasteiger partial charge < -0.3 is 20.1 Å². The predicted octanol–water partition coefficient (Wildman–Crippen LogP) is 5.56. The number of pyridine rings is 1. The summed E-state index contributed by atoms with van der Waals surface area (Å²) in [7, 11) is 0. The van der Waals surface area contributed by atoms with E-state index in [1.807, 2.05) is 12.1 Å². The molecule has 5 aromatic rings. The van der Waals surface area contributed by atoms with Crippen molar-refractivity contribution in [3.05, 3.63) is 83.1 Å². The van der Waals surface area contributed by atoms with Gasteiger partial charge in [0.2, 0.25) is 11.8 Å². The molecule has 9 rings (SSSR count). The fourth-order valence-corrected chi connectivity index (χ4v) is 8.87. The highest BCUT2D eigenvalue weighted by Crippen LogP contribution is 2.39. The quantitative estimate of drug-likeness (QED) is 0.137. The molecule has 13 heteroatoms. The molecule has 4 saturated heterocycles. The zero-order valence-corrected chi connectivity index (χ0v) is 30.7. The third-order valence-corrected chi connectivity index (χ3v) is 11.8. The summed E-state index contributed by atoms with van der Waals surface area (Å²) in [4.78, 5) is 42.4. The van der Waals surface area contributed by atoms with Gasteiger partial charge in [-0.3, -0.25) is 24.8 Å². The topological polar surface area (TPSA) is 133 Å². The van der Waals surface area contributed by atoms with Gasteiger partial charge in [-0.25, -0.2) is 8.78 Å². The van der Waals surface area contributed by atoms with E-state index >= 15 is 4.39 Å². The standard InChI is InChI=1S/C43H41F2N7O4/c1-2-31-35(44)11-7-27-17-30(53)18-33(37(27)31)39-38(45)40-34(19-46-39)41(52-21-28-8-9-29(22-52)47-28)50-43(49-40)56-23-25-13-15-51(16-14-25)20-24-3-5-26(6-4-24)32-10-12-36(54)48-42(32)55/h1,3-7,11,17-19,25,28-29,32,47,53H,8-10,12-16,20-23H2,(H,48,54,55)/t28-,29+,32?. The molecule has 0 spiro atoms. The Morgan fingerprint density at radius 2 is 1.73 bits per heavy atom. The minimum atomic E-state index is -0.744. The molecule has 2 aromatic heterocycles. The SMILES string of the molecule is C#Cc1c(F)ccc2cc(O)cc(-c3ncc4c(N5C[C@H]6CC[C@@H](C5)N6)nc(OCC5CCN(Cc6ccc(C7CCC(=O)NC7=O)cc6)CC5)nc4c3F)c12. The van der Waals surface area contributed by atoms with Crippen LogP contribution in [0.1, 0.15) is 61.1 Å². The van der Waals surface area contributed by atoms with Crippen LogP contribution in [-0.4, -0.2) is 81.6 Å². The number of imide groups is 1. The first-order valence-corrected chi connectivity index (χ1v) is 19.3. The molecule has 56 heavy (non-hydrogen) atoms. The molecule has 3 N–H and O–H groups in total. The maximum Gasteiger partial charge on any atom is 0.319 e. The Bertz CT molecular complexity index is 2400. The number of carbonyl (C=O) groups is 2. The molecule has 4 aliphatic rings. The summed E-state index contributed by atoms with van der Waals surface area (Å²) in [5.41, 5.74) is 2.10. The Balaban J connectivity index is 0.946. The highest BCUT2D eigenvalue weighted by Gasteiger charge is 2.35. The lowest BCUT2D eigenvalue weighted by Crippen LogP contribution is -2.51. The van der Waals surface area contributed by atoms with Crippen molar-refractivity contribution < 1.29 is 28.2 Å². The van der Waals surface area contributed by atoms with Gasteiger partial charge in [0, 0.05) is 55.3 Å². The monoisotopic (exact) mass is 757 g/mol. The minimum absolute atomic E-state index is 0.0227. The maximum atomic E-state index is 16.9. The zero-order chi connectivity index (χ0) is 38.5. The number of amides is 2. The molecule has 0 aliphatic carbocycles. The van der Waals surface area contributed by atoms with Crippen LogP contribution in [0.25, 0.3) is 32.9 Å². The summed E-state index contributed by atoms with van der Waals surface area (Å²) < 4.78 is 38.1. The first kappa shape index (κ1) is 36.0. The fourth-order valence-electron chi connectivity index (χ4n) is 8.87. The van der Waals surface area contributed by atoms with Crippen molar-refractivity contribution in [2.75, 3.05) is 37.7 Å². The molecule has 0 saturated carbocycles. The Labute approximate surface area is 322 Å². The van der Waals surface area contributed by atoms with Crippen molar-refractivity contribution in [2.24, 2.45) is 5.92 Å². The highest BCUT2D eigenvalue weighted by atomic mass is 19.1. The lowest BCUT2D eigenvalue weighted by Gasteiger charge is -2.34. The van der Waals surface area contributed by atoms with Crippen LogP contribution in [0.2, 0.25) is 0 Å².